The molecule has 29 heavy (non-hydrogen) atoms. The average Bonchev–Trinajstić information content (AvgIpc) is 2.72. The van der Waals surface area contributed by atoms with Crippen molar-refractivity contribution in [2.75, 3.05) is 24.9 Å². The standard InChI is InChI=1S/C21H22N2O5S/c1-4-23(5-2)18-19(24)16-8-6-7-9-17(16)20(25)21(18)29(26,27)22-14-10-12-15(28-3)13-11-14/h6-13,22H,4-5H2,1-3H3. The molecule has 2 aromatic rings. The number of allylic oxidation sites excluding steroid dienone is 2. The van der Waals surface area contributed by atoms with Crippen molar-refractivity contribution in [3.8, 4) is 5.75 Å². The maximum atomic E-state index is 13.2. The highest BCUT2D eigenvalue weighted by atomic mass is 32.2. The number of ether oxygens (including phenoxy) is 1. The first-order valence-electron chi connectivity index (χ1n) is 9.18. The lowest BCUT2D eigenvalue weighted by atomic mass is 9.92. The quantitative estimate of drug-likeness (QED) is 0.749. The highest BCUT2D eigenvalue weighted by Crippen LogP contribution is 2.32. The fourth-order valence-corrected chi connectivity index (χ4v) is 4.66. The summed E-state index contributed by atoms with van der Waals surface area (Å²) in [5, 5.41) is 0. The number of ketones is 2. The van der Waals surface area contributed by atoms with Crippen molar-refractivity contribution in [3.63, 3.8) is 0 Å². The number of methoxy groups -OCH3 is 1. The first-order chi connectivity index (χ1) is 13.8. The fraction of sp³-hybridized carbons (Fsp3) is 0.238. The minimum atomic E-state index is -4.32. The van der Waals surface area contributed by atoms with Gasteiger partial charge in [0, 0.05) is 29.9 Å². The topological polar surface area (TPSA) is 92.8 Å². The van der Waals surface area contributed by atoms with Crippen LogP contribution >= 0.6 is 0 Å². The van der Waals surface area contributed by atoms with Crippen molar-refractivity contribution < 1.29 is 22.7 Å². The Labute approximate surface area is 170 Å². The Kier molecular flexibility index (Phi) is 5.74. The predicted molar refractivity (Wildman–Crippen MR) is 111 cm³/mol. The van der Waals surface area contributed by atoms with E-state index in [1.807, 2.05) is 0 Å². The number of carbonyl (C=O) groups is 2. The maximum absolute atomic E-state index is 13.2. The van der Waals surface area contributed by atoms with E-state index in [1.165, 1.54) is 25.3 Å². The zero-order chi connectivity index (χ0) is 21.2. The third-order valence-corrected chi connectivity index (χ3v) is 6.16. The number of nitrogens with zero attached hydrogens (tertiary/aromatic N) is 1. The van der Waals surface area contributed by atoms with Gasteiger partial charge in [0.2, 0.25) is 11.6 Å². The molecule has 1 aliphatic rings. The van der Waals surface area contributed by atoms with Crippen molar-refractivity contribution in [3.05, 3.63) is 70.3 Å². The van der Waals surface area contributed by atoms with Crippen LogP contribution in [0.15, 0.2) is 59.1 Å². The van der Waals surface area contributed by atoms with Crippen molar-refractivity contribution in [1.82, 2.24) is 4.90 Å². The summed E-state index contributed by atoms with van der Waals surface area (Å²) >= 11 is 0. The van der Waals surface area contributed by atoms with Gasteiger partial charge in [0.1, 0.15) is 11.4 Å². The van der Waals surface area contributed by atoms with Gasteiger partial charge in [-0.25, -0.2) is 8.42 Å². The molecule has 0 aliphatic heterocycles. The predicted octanol–water partition coefficient (Wildman–Crippen LogP) is 3.07. The summed E-state index contributed by atoms with van der Waals surface area (Å²) in [4.78, 5) is 27.4. The van der Waals surface area contributed by atoms with E-state index < -0.39 is 26.5 Å². The number of carbonyl (C=O) groups excluding carboxylic acids is 2. The van der Waals surface area contributed by atoms with Crippen LogP contribution in [0.1, 0.15) is 34.6 Å². The second kappa shape index (κ2) is 8.08. The van der Waals surface area contributed by atoms with E-state index in [4.69, 9.17) is 4.74 Å². The molecule has 3 rings (SSSR count). The van der Waals surface area contributed by atoms with Crippen molar-refractivity contribution in [1.29, 1.82) is 0 Å². The first-order valence-corrected chi connectivity index (χ1v) is 10.7. The molecule has 0 atom stereocenters. The molecule has 0 amide bonds. The van der Waals surface area contributed by atoms with Gasteiger partial charge in [-0.3, -0.25) is 14.3 Å². The summed E-state index contributed by atoms with van der Waals surface area (Å²) in [6, 6.07) is 12.5. The summed E-state index contributed by atoms with van der Waals surface area (Å²) in [6.07, 6.45) is 0. The summed E-state index contributed by atoms with van der Waals surface area (Å²) in [5.41, 5.74) is 0.460. The van der Waals surface area contributed by atoms with Gasteiger partial charge in [-0.05, 0) is 38.1 Å². The van der Waals surface area contributed by atoms with Crippen LogP contribution in [-0.4, -0.2) is 45.1 Å². The van der Waals surface area contributed by atoms with Crippen LogP contribution in [0.25, 0.3) is 0 Å². The molecule has 0 saturated carbocycles. The number of sulfonamides is 1. The maximum Gasteiger partial charge on any atom is 0.268 e. The molecule has 0 heterocycles. The lowest BCUT2D eigenvalue weighted by molar-refractivity contribution is 0.0949. The fourth-order valence-electron chi connectivity index (χ4n) is 3.28. The molecule has 0 unspecified atom stereocenters. The van der Waals surface area contributed by atoms with Gasteiger partial charge >= 0.3 is 0 Å². The Morgan fingerprint density at radius 2 is 1.45 bits per heavy atom. The van der Waals surface area contributed by atoms with Crippen LogP contribution in [0.3, 0.4) is 0 Å². The molecule has 0 fully saturated rings. The Morgan fingerprint density at radius 3 is 1.97 bits per heavy atom. The molecule has 7 nitrogen and oxygen atoms in total. The van der Waals surface area contributed by atoms with E-state index >= 15 is 0 Å². The molecule has 0 radical (unpaired) electrons. The SMILES string of the molecule is CCN(CC)C1=C(S(=O)(=O)Nc2ccc(OC)cc2)C(=O)c2ccccc2C1=O. The lowest BCUT2D eigenvalue weighted by Gasteiger charge is -2.29. The Morgan fingerprint density at radius 1 is 0.897 bits per heavy atom. The third kappa shape index (κ3) is 3.75. The number of benzene rings is 2. The molecule has 0 spiro atoms. The van der Waals surface area contributed by atoms with Gasteiger partial charge in [0.15, 0.2) is 4.91 Å². The molecule has 8 heteroatoms. The number of hydrogen-bond donors (Lipinski definition) is 1. The van der Waals surface area contributed by atoms with Gasteiger partial charge in [-0.1, -0.05) is 24.3 Å². The number of Topliss-reactive ketones (excluding diaryl/α,β-unsaturated/α-hetero) is 2. The minimum Gasteiger partial charge on any atom is -0.497 e. The Balaban J connectivity index is 2.16. The van der Waals surface area contributed by atoms with Crippen molar-refractivity contribution in [2.24, 2.45) is 0 Å². The van der Waals surface area contributed by atoms with E-state index in [9.17, 15) is 18.0 Å². The van der Waals surface area contributed by atoms with Gasteiger partial charge in [-0.15, -0.1) is 0 Å². The minimum absolute atomic E-state index is 0.0866. The smallest absolute Gasteiger partial charge is 0.268 e. The summed E-state index contributed by atoms with van der Waals surface area (Å²) in [5.74, 6) is -0.601. The van der Waals surface area contributed by atoms with E-state index in [1.54, 1.807) is 49.1 Å². The van der Waals surface area contributed by atoms with Gasteiger partial charge in [-0.2, -0.15) is 0 Å². The molecule has 1 N–H and O–H groups in total. The van der Waals surface area contributed by atoms with Crippen molar-refractivity contribution in [2.45, 2.75) is 13.8 Å². The third-order valence-electron chi connectivity index (χ3n) is 4.74. The van der Waals surface area contributed by atoms with Gasteiger partial charge in [0.25, 0.3) is 10.0 Å². The molecule has 152 valence electrons. The number of anilines is 1. The van der Waals surface area contributed by atoms with E-state index in [2.05, 4.69) is 4.72 Å². The molecular weight excluding hydrogens is 392 g/mol. The number of nitrogens with one attached hydrogen (secondary N) is 1. The molecule has 0 bridgehead atoms. The molecule has 1 aliphatic carbocycles. The largest absolute Gasteiger partial charge is 0.497 e. The summed E-state index contributed by atoms with van der Waals surface area (Å²) < 4.78 is 33.9. The highest BCUT2D eigenvalue weighted by molar-refractivity contribution is 7.97. The van der Waals surface area contributed by atoms with Crippen LogP contribution in [-0.2, 0) is 10.0 Å². The molecule has 0 aromatic heterocycles. The number of rotatable bonds is 7. The van der Waals surface area contributed by atoms with Crippen LogP contribution in [0.5, 0.6) is 5.75 Å². The highest BCUT2D eigenvalue weighted by Gasteiger charge is 2.40. The van der Waals surface area contributed by atoms with Crippen LogP contribution in [0.4, 0.5) is 5.69 Å². The van der Waals surface area contributed by atoms with E-state index in [-0.39, 0.29) is 22.5 Å². The Hall–Kier alpha value is -3.13. The lowest BCUT2D eigenvalue weighted by Crippen LogP contribution is -2.37. The first kappa shape index (κ1) is 20.6. The van der Waals surface area contributed by atoms with E-state index in [0.29, 0.717) is 18.8 Å². The zero-order valence-corrected chi connectivity index (χ0v) is 17.2. The van der Waals surface area contributed by atoms with Gasteiger partial charge in [0.05, 0.1) is 7.11 Å². The van der Waals surface area contributed by atoms with Crippen LogP contribution in [0.2, 0.25) is 0 Å². The molecular formula is C21H22N2O5S. The average molecular weight is 414 g/mol. The number of hydrogen-bond acceptors (Lipinski definition) is 6. The monoisotopic (exact) mass is 414 g/mol. The Bertz CT molecular complexity index is 1080. The second-order valence-corrected chi connectivity index (χ2v) is 8.01. The van der Waals surface area contributed by atoms with Crippen molar-refractivity contribution >= 4 is 27.3 Å². The normalized spacial score (nSPS) is 13.9. The zero-order valence-electron chi connectivity index (χ0n) is 16.4. The molecule has 2 aromatic carbocycles. The summed E-state index contributed by atoms with van der Waals surface area (Å²) in [7, 11) is -2.81. The van der Waals surface area contributed by atoms with Gasteiger partial charge < -0.3 is 9.64 Å². The second-order valence-electron chi connectivity index (χ2n) is 6.39. The number of fused-ring (bicyclic) bond motifs is 1. The van der Waals surface area contributed by atoms with E-state index in [0.717, 1.165) is 0 Å². The molecule has 0 saturated heterocycles. The van der Waals surface area contributed by atoms with Crippen LogP contribution < -0.4 is 9.46 Å². The summed E-state index contributed by atoms with van der Waals surface area (Å²) in [6.45, 7) is 4.37. The van der Waals surface area contributed by atoms with Crippen LogP contribution in [0, 0.1) is 0 Å². The number of likely N-dealkylation sites (N-methyl/N-ethyl adjacent to an activating group) is 1.